The highest BCUT2D eigenvalue weighted by atomic mass is 16.5. The van der Waals surface area contributed by atoms with Crippen LogP contribution in [0.15, 0.2) is 48.5 Å². The Balaban J connectivity index is 1.96. The molecule has 0 bridgehead atoms. The molecule has 2 aromatic rings. The van der Waals surface area contributed by atoms with Crippen LogP contribution in [0.1, 0.15) is 37.0 Å². The standard InChI is InChI=1S/C21H25NO5/c1-3-12-25-18-11-10-16(14-19(18)26-13-4-2)21(24)27-15-20(23)22-17-8-6-5-7-9-17/h5-11,14H,3-4,12-13,15H2,1-2H3,(H,22,23). The Morgan fingerprint density at radius 1 is 0.889 bits per heavy atom. The zero-order chi connectivity index (χ0) is 19.5. The number of carbonyl (C=O) groups excluding carboxylic acids is 2. The molecule has 1 amide bonds. The van der Waals surface area contributed by atoms with Crippen molar-refractivity contribution in [3.05, 3.63) is 54.1 Å². The summed E-state index contributed by atoms with van der Waals surface area (Å²) in [7, 11) is 0. The maximum absolute atomic E-state index is 12.3. The number of amides is 1. The first-order valence-corrected chi connectivity index (χ1v) is 9.05. The van der Waals surface area contributed by atoms with Crippen molar-refractivity contribution < 1.29 is 23.8 Å². The summed E-state index contributed by atoms with van der Waals surface area (Å²) in [6.07, 6.45) is 1.70. The van der Waals surface area contributed by atoms with Crippen LogP contribution in [0.3, 0.4) is 0 Å². The van der Waals surface area contributed by atoms with Crippen molar-refractivity contribution in [2.24, 2.45) is 0 Å². The van der Waals surface area contributed by atoms with E-state index in [1.54, 1.807) is 30.3 Å². The highest BCUT2D eigenvalue weighted by molar-refractivity contribution is 5.95. The fourth-order valence-electron chi connectivity index (χ4n) is 2.22. The smallest absolute Gasteiger partial charge is 0.338 e. The van der Waals surface area contributed by atoms with Gasteiger partial charge in [-0.3, -0.25) is 4.79 Å². The van der Waals surface area contributed by atoms with Crippen LogP contribution in [0.25, 0.3) is 0 Å². The number of ether oxygens (including phenoxy) is 3. The third-order valence-electron chi connectivity index (χ3n) is 3.49. The number of hydrogen-bond acceptors (Lipinski definition) is 5. The van der Waals surface area contributed by atoms with E-state index in [9.17, 15) is 9.59 Å². The lowest BCUT2D eigenvalue weighted by molar-refractivity contribution is -0.119. The summed E-state index contributed by atoms with van der Waals surface area (Å²) in [5.74, 6) is 0.0821. The third kappa shape index (κ3) is 6.66. The molecule has 2 aromatic carbocycles. The van der Waals surface area contributed by atoms with Gasteiger partial charge in [0.15, 0.2) is 18.1 Å². The van der Waals surface area contributed by atoms with E-state index in [-0.39, 0.29) is 6.61 Å². The van der Waals surface area contributed by atoms with Crippen LogP contribution in [0.2, 0.25) is 0 Å². The van der Waals surface area contributed by atoms with Crippen LogP contribution in [0.4, 0.5) is 5.69 Å². The van der Waals surface area contributed by atoms with Gasteiger partial charge in [-0.2, -0.15) is 0 Å². The summed E-state index contributed by atoms with van der Waals surface area (Å²) < 4.78 is 16.4. The van der Waals surface area contributed by atoms with Crippen molar-refractivity contribution in [3.63, 3.8) is 0 Å². The maximum Gasteiger partial charge on any atom is 0.338 e. The number of benzene rings is 2. The van der Waals surface area contributed by atoms with Crippen molar-refractivity contribution in [2.75, 3.05) is 25.1 Å². The molecule has 0 aliphatic carbocycles. The van der Waals surface area contributed by atoms with Crippen LogP contribution in [0, 0.1) is 0 Å². The molecule has 0 unspecified atom stereocenters. The molecule has 6 nitrogen and oxygen atoms in total. The van der Waals surface area contributed by atoms with Gasteiger partial charge in [-0.1, -0.05) is 32.0 Å². The summed E-state index contributed by atoms with van der Waals surface area (Å²) in [5.41, 5.74) is 0.948. The van der Waals surface area contributed by atoms with E-state index in [2.05, 4.69) is 5.32 Å². The van der Waals surface area contributed by atoms with E-state index in [1.807, 2.05) is 32.0 Å². The van der Waals surface area contributed by atoms with Gasteiger partial charge >= 0.3 is 5.97 Å². The molecule has 0 aliphatic heterocycles. The topological polar surface area (TPSA) is 73.9 Å². The van der Waals surface area contributed by atoms with Gasteiger partial charge < -0.3 is 19.5 Å². The van der Waals surface area contributed by atoms with E-state index in [0.29, 0.717) is 36.0 Å². The molecule has 0 saturated heterocycles. The third-order valence-corrected chi connectivity index (χ3v) is 3.49. The highest BCUT2D eigenvalue weighted by Crippen LogP contribution is 2.29. The second-order valence-corrected chi connectivity index (χ2v) is 5.85. The quantitative estimate of drug-likeness (QED) is 0.638. The predicted molar refractivity (Wildman–Crippen MR) is 103 cm³/mol. The minimum absolute atomic E-state index is 0.303. The largest absolute Gasteiger partial charge is 0.490 e. The SMILES string of the molecule is CCCOc1ccc(C(=O)OCC(=O)Nc2ccccc2)cc1OCCC. The Bertz CT molecular complexity index is 745. The molecule has 0 heterocycles. The van der Waals surface area contributed by atoms with Crippen LogP contribution in [0.5, 0.6) is 11.5 Å². The van der Waals surface area contributed by atoms with E-state index in [1.165, 1.54) is 0 Å². The first-order chi connectivity index (χ1) is 13.1. The summed E-state index contributed by atoms with van der Waals surface area (Å²) in [4.78, 5) is 24.2. The molecule has 0 aromatic heterocycles. The van der Waals surface area contributed by atoms with Crippen LogP contribution < -0.4 is 14.8 Å². The molecule has 0 fully saturated rings. The zero-order valence-corrected chi connectivity index (χ0v) is 15.7. The molecule has 144 valence electrons. The second-order valence-electron chi connectivity index (χ2n) is 5.85. The number of nitrogens with one attached hydrogen (secondary N) is 1. The summed E-state index contributed by atoms with van der Waals surface area (Å²) in [5, 5.41) is 2.66. The predicted octanol–water partition coefficient (Wildman–Crippen LogP) is 4.06. The monoisotopic (exact) mass is 371 g/mol. The Morgan fingerprint density at radius 3 is 2.22 bits per heavy atom. The van der Waals surface area contributed by atoms with Crippen molar-refractivity contribution in [2.45, 2.75) is 26.7 Å². The molecule has 0 spiro atoms. The Labute approximate surface area is 159 Å². The van der Waals surface area contributed by atoms with Crippen molar-refractivity contribution in [1.29, 1.82) is 0 Å². The number of anilines is 1. The van der Waals surface area contributed by atoms with Crippen LogP contribution in [-0.2, 0) is 9.53 Å². The number of hydrogen-bond donors (Lipinski definition) is 1. The van der Waals surface area contributed by atoms with Gasteiger partial charge in [-0.05, 0) is 43.2 Å². The normalized spacial score (nSPS) is 10.1. The molecule has 27 heavy (non-hydrogen) atoms. The summed E-state index contributed by atoms with van der Waals surface area (Å²) >= 11 is 0. The number of esters is 1. The maximum atomic E-state index is 12.3. The summed E-state index contributed by atoms with van der Waals surface area (Å²) in [6, 6.07) is 13.8. The zero-order valence-electron chi connectivity index (χ0n) is 15.7. The molecule has 0 radical (unpaired) electrons. The Hall–Kier alpha value is -3.02. The second kappa shape index (κ2) is 10.9. The Kier molecular flexibility index (Phi) is 8.16. The average molecular weight is 371 g/mol. The van der Waals surface area contributed by atoms with Gasteiger partial charge in [0.1, 0.15) is 0 Å². The minimum atomic E-state index is -0.596. The molecule has 0 aliphatic rings. The first-order valence-electron chi connectivity index (χ1n) is 9.05. The summed E-state index contributed by atoms with van der Waals surface area (Å²) in [6.45, 7) is 4.72. The number of rotatable bonds is 10. The van der Waals surface area contributed by atoms with Gasteiger partial charge in [0, 0.05) is 5.69 Å². The molecular weight excluding hydrogens is 346 g/mol. The lowest BCUT2D eigenvalue weighted by atomic mass is 10.2. The number of carbonyl (C=O) groups is 2. The van der Waals surface area contributed by atoms with Crippen LogP contribution >= 0.6 is 0 Å². The minimum Gasteiger partial charge on any atom is -0.490 e. The van der Waals surface area contributed by atoms with Gasteiger partial charge in [-0.15, -0.1) is 0 Å². The highest BCUT2D eigenvalue weighted by Gasteiger charge is 2.14. The van der Waals surface area contributed by atoms with Crippen molar-refractivity contribution in [1.82, 2.24) is 0 Å². The lowest BCUT2D eigenvalue weighted by Crippen LogP contribution is -2.20. The van der Waals surface area contributed by atoms with E-state index in [4.69, 9.17) is 14.2 Å². The average Bonchev–Trinajstić information content (AvgIpc) is 2.70. The first kappa shape index (κ1) is 20.3. The van der Waals surface area contributed by atoms with Gasteiger partial charge in [0.05, 0.1) is 18.8 Å². The molecule has 0 atom stereocenters. The fraction of sp³-hybridized carbons (Fsp3) is 0.333. The van der Waals surface area contributed by atoms with E-state index < -0.39 is 11.9 Å². The van der Waals surface area contributed by atoms with E-state index in [0.717, 1.165) is 12.8 Å². The molecule has 2 rings (SSSR count). The van der Waals surface area contributed by atoms with Crippen molar-refractivity contribution >= 4 is 17.6 Å². The molecule has 1 N–H and O–H groups in total. The van der Waals surface area contributed by atoms with Crippen LogP contribution in [-0.4, -0.2) is 31.7 Å². The number of para-hydroxylation sites is 1. The molecular formula is C21H25NO5. The fourth-order valence-corrected chi connectivity index (χ4v) is 2.22. The molecule has 6 heteroatoms. The van der Waals surface area contributed by atoms with Gasteiger partial charge in [-0.25, -0.2) is 4.79 Å². The van der Waals surface area contributed by atoms with Gasteiger partial charge in [0.25, 0.3) is 5.91 Å². The van der Waals surface area contributed by atoms with Crippen molar-refractivity contribution in [3.8, 4) is 11.5 Å². The van der Waals surface area contributed by atoms with Gasteiger partial charge in [0.2, 0.25) is 0 Å². The lowest BCUT2D eigenvalue weighted by Gasteiger charge is -2.13. The van der Waals surface area contributed by atoms with E-state index >= 15 is 0 Å². The Morgan fingerprint density at radius 2 is 1.56 bits per heavy atom. The molecule has 0 saturated carbocycles.